The molecule has 1 heterocycles. The van der Waals surface area contributed by atoms with Gasteiger partial charge in [-0.25, -0.2) is 0 Å². The van der Waals surface area contributed by atoms with Crippen LogP contribution in [0.15, 0.2) is 29.2 Å². The van der Waals surface area contributed by atoms with Crippen molar-refractivity contribution < 1.29 is 19.1 Å². The maximum absolute atomic E-state index is 13.0. The maximum Gasteiger partial charge on any atom is 0.307 e. The number of carbonyl (C=O) groups excluding carboxylic acids is 3. The molecule has 0 radical (unpaired) electrons. The zero-order valence-electron chi connectivity index (χ0n) is 15.8. The van der Waals surface area contributed by atoms with E-state index in [-0.39, 0.29) is 30.1 Å². The summed E-state index contributed by atoms with van der Waals surface area (Å²) in [5, 5.41) is 2.32. The fraction of sp³-hybridized carbons (Fsp3) is 0.591. The number of hydrogen-bond donors (Lipinski definition) is 1. The molecule has 5 nitrogen and oxygen atoms in total. The van der Waals surface area contributed by atoms with Gasteiger partial charge in [-0.15, -0.1) is 11.8 Å². The van der Waals surface area contributed by atoms with Crippen LogP contribution in [-0.2, 0) is 19.1 Å². The van der Waals surface area contributed by atoms with E-state index in [0.717, 1.165) is 29.8 Å². The molecule has 1 aliphatic heterocycles. The van der Waals surface area contributed by atoms with E-state index in [1.807, 2.05) is 24.3 Å². The second kappa shape index (κ2) is 6.90. The lowest BCUT2D eigenvalue weighted by Gasteiger charge is -2.55. The second-order valence-corrected chi connectivity index (χ2v) is 10.3. The van der Waals surface area contributed by atoms with E-state index in [9.17, 15) is 14.4 Å². The molecule has 6 rings (SSSR count). The van der Waals surface area contributed by atoms with Gasteiger partial charge >= 0.3 is 5.97 Å². The normalized spacial score (nSPS) is 35.2. The molecule has 1 amide bonds. The van der Waals surface area contributed by atoms with Crippen molar-refractivity contribution in [3.05, 3.63) is 24.3 Å². The van der Waals surface area contributed by atoms with E-state index < -0.39 is 11.2 Å². The molecule has 1 aromatic carbocycles. The summed E-state index contributed by atoms with van der Waals surface area (Å²) in [6.07, 6.45) is 6.76. The largest absolute Gasteiger partial charge is 0.458 e. The Balaban J connectivity index is 1.17. The summed E-state index contributed by atoms with van der Waals surface area (Å²) in [7, 11) is 0. The third-order valence-corrected chi connectivity index (χ3v) is 8.33. The average Bonchev–Trinajstić information content (AvgIpc) is 2.65. The molecule has 0 aromatic heterocycles. The number of ketones is 1. The first-order valence-corrected chi connectivity index (χ1v) is 11.1. The number of hydrogen-bond acceptors (Lipinski definition) is 5. The number of anilines is 1. The van der Waals surface area contributed by atoms with Crippen LogP contribution in [0.2, 0.25) is 0 Å². The molecule has 1 atom stereocenters. The summed E-state index contributed by atoms with van der Waals surface area (Å²) in [4.78, 5) is 38.5. The predicted octanol–water partition coefficient (Wildman–Crippen LogP) is 3.82. The van der Waals surface area contributed by atoms with Crippen LogP contribution in [-0.4, -0.2) is 29.5 Å². The van der Waals surface area contributed by atoms with Crippen LogP contribution in [0, 0.1) is 23.2 Å². The third kappa shape index (κ3) is 3.25. The molecule has 4 saturated carbocycles. The van der Waals surface area contributed by atoms with Crippen LogP contribution in [0.3, 0.4) is 0 Å². The van der Waals surface area contributed by atoms with Gasteiger partial charge in [0.2, 0.25) is 5.91 Å². The Morgan fingerprint density at radius 1 is 1.07 bits per heavy atom. The van der Waals surface area contributed by atoms with Gasteiger partial charge < -0.3 is 10.1 Å². The summed E-state index contributed by atoms with van der Waals surface area (Å²) >= 11 is 1.38. The Labute approximate surface area is 169 Å². The van der Waals surface area contributed by atoms with Gasteiger partial charge in [-0.2, -0.15) is 0 Å². The van der Waals surface area contributed by atoms with E-state index in [4.69, 9.17) is 4.74 Å². The van der Waals surface area contributed by atoms with Crippen molar-refractivity contribution in [1.82, 2.24) is 0 Å². The minimum absolute atomic E-state index is 0.0149. The summed E-state index contributed by atoms with van der Waals surface area (Å²) in [6.45, 7) is -0.138. The van der Waals surface area contributed by atoms with Crippen molar-refractivity contribution in [2.24, 2.45) is 23.2 Å². The number of carbonyl (C=O) groups is 3. The Morgan fingerprint density at radius 2 is 1.71 bits per heavy atom. The Bertz CT molecular complexity index is 800. The number of benzene rings is 1. The van der Waals surface area contributed by atoms with Crippen molar-refractivity contribution in [2.45, 2.75) is 55.1 Å². The number of esters is 1. The molecule has 28 heavy (non-hydrogen) atoms. The molecule has 4 aliphatic carbocycles. The van der Waals surface area contributed by atoms with Gasteiger partial charge in [-0.05, 0) is 68.4 Å². The molecule has 4 fully saturated rings. The molecule has 4 bridgehead atoms. The highest BCUT2D eigenvalue weighted by Crippen LogP contribution is 2.60. The van der Waals surface area contributed by atoms with Crippen molar-refractivity contribution >= 4 is 35.1 Å². The zero-order valence-corrected chi connectivity index (χ0v) is 16.6. The first kappa shape index (κ1) is 18.2. The van der Waals surface area contributed by atoms with Crippen molar-refractivity contribution in [3.8, 4) is 0 Å². The summed E-state index contributed by atoms with van der Waals surface area (Å²) < 4.78 is 5.35. The van der Waals surface area contributed by atoms with E-state index in [0.29, 0.717) is 17.8 Å². The van der Waals surface area contributed by atoms with Gasteiger partial charge in [-0.1, -0.05) is 12.1 Å². The van der Waals surface area contributed by atoms with Gasteiger partial charge in [-0.3, -0.25) is 14.4 Å². The first-order valence-electron chi connectivity index (χ1n) is 10.3. The number of ether oxygens (including phenoxy) is 1. The second-order valence-electron chi connectivity index (χ2n) is 9.08. The van der Waals surface area contributed by atoms with Crippen molar-refractivity contribution in [1.29, 1.82) is 0 Å². The van der Waals surface area contributed by atoms with Crippen LogP contribution in [0.25, 0.3) is 0 Å². The zero-order chi connectivity index (χ0) is 19.3. The molecule has 148 valence electrons. The van der Waals surface area contributed by atoms with Crippen LogP contribution in [0.1, 0.15) is 44.9 Å². The smallest absolute Gasteiger partial charge is 0.307 e. The molecule has 1 N–H and O–H groups in total. The SMILES string of the molecule is O=C(CC1Sc2ccccc2NC1=O)OCC(=O)C12CC3CC(CC(C3)C1)C2. The van der Waals surface area contributed by atoms with Gasteiger partial charge in [0.15, 0.2) is 12.4 Å². The van der Waals surface area contributed by atoms with Gasteiger partial charge in [0, 0.05) is 10.3 Å². The fourth-order valence-electron chi connectivity index (χ4n) is 6.19. The molecule has 6 heteroatoms. The minimum atomic E-state index is -0.517. The monoisotopic (exact) mass is 399 g/mol. The number of rotatable bonds is 5. The molecular formula is C22H25NO4S. The third-order valence-electron chi connectivity index (χ3n) is 7.05. The summed E-state index contributed by atoms with van der Waals surface area (Å²) in [6, 6.07) is 7.54. The minimum Gasteiger partial charge on any atom is -0.458 e. The lowest BCUT2D eigenvalue weighted by atomic mass is 9.48. The maximum atomic E-state index is 13.0. The highest BCUT2D eigenvalue weighted by Gasteiger charge is 2.54. The Hall–Kier alpha value is -1.82. The summed E-state index contributed by atoms with van der Waals surface area (Å²) in [5.74, 6) is 1.51. The molecular weight excluding hydrogens is 374 g/mol. The van der Waals surface area contributed by atoms with Crippen LogP contribution in [0.4, 0.5) is 5.69 Å². The van der Waals surface area contributed by atoms with E-state index >= 15 is 0 Å². The average molecular weight is 400 g/mol. The topological polar surface area (TPSA) is 72.5 Å². The fourth-order valence-corrected chi connectivity index (χ4v) is 7.28. The number of amides is 1. The van der Waals surface area contributed by atoms with Crippen LogP contribution in [0.5, 0.6) is 0 Å². The molecule has 5 aliphatic rings. The Morgan fingerprint density at radius 3 is 2.39 bits per heavy atom. The lowest BCUT2D eigenvalue weighted by molar-refractivity contribution is -0.157. The van der Waals surface area contributed by atoms with Gasteiger partial charge in [0.1, 0.15) is 0 Å². The number of nitrogens with one attached hydrogen (secondary N) is 1. The first-order chi connectivity index (χ1) is 13.5. The van der Waals surface area contributed by atoms with Crippen molar-refractivity contribution in [2.75, 3.05) is 11.9 Å². The highest BCUT2D eigenvalue weighted by molar-refractivity contribution is 8.01. The number of Topliss-reactive ketones (excluding diaryl/α,β-unsaturated/α-hetero) is 1. The molecule has 1 aromatic rings. The van der Waals surface area contributed by atoms with Crippen LogP contribution >= 0.6 is 11.8 Å². The standard InChI is InChI=1S/C22H25NO4S/c24-19(22-9-13-5-14(10-22)7-15(6-13)11-22)12-27-20(25)8-18-21(26)23-16-3-1-2-4-17(16)28-18/h1-4,13-15,18H,5-12H2,(H,23,26). The quantitative estimate of drug-likeness (QED) is 0.762. The molecule has 0 saturated heterocycles. The number of thioether (sulfide) groups is 1. The highest BCUT2D eigenvalue weighted by atomic mass is 32.2. The molecule has 1 unspecified atom stereocenters. The van der Waals surface area contributed by atoms with Gasteiger partial charge in [0.25, 0.3) is 0 Å². The van der Waals surface area contributed by atoms with E-state index in [1.54, 1.807) is 0 Å². The van der Waals surface area contributed by atoms with E-state index in [1.165, 1.54) is 31.0 Å². The summed E-state index contributed by atoms with van der Waals surface area (Å²) in [5.41, 5.74) is 0.532. The predicted molar refractivity (Wildman–Crippen MR) is 106 cm³/mol. The van der Waals surface area contributed by atoms with E-state index in [2.05, 4.69) is 5.32 Å². The van der Waals surface area contributed by atoms with Gasteiger partial charge in [0.05, 0.1) is 17.4 Å². The molecule has 0 spiro atoms. The van der Waals surface area contributed by atoms with Crippen LogP contribution < -0.4 is 5.32 Å². The number of fused-ring (bicyclic) bond motifs is 1. The van der Waals surface area contributed by atoms with Crippen molar-refractivity contribution in [3.63, 3.8) is 0 Å². The number of para-hydroxylation sites is 1. The lowest BCUT2D eigenvalue weighted by Crippen LogP contribution is -2.51. The Kier molecular flexibility index (Phi) is 4.49.